The lowest BCUT2D eigenvalue weighted by Crippen LogP contribution is -1.96. The molecule has 0 unspecified atom stereocenters. The Bertz CT molecular complexity index is 548. The van der Waals surface area contributed by atoms with Crippen molar-refractivity contribution in [3.8, 4) is 11.8 Å². The fourth-order valence-electron chi connectivity index (χ4n) is 1.42. The first-order valence-electron chi connectivity index (χ1n) is 5.17. The van der Waals surface area contributed by atoms with Gasteiger partial charge in [0.15, 0.2) is 5.76 Å². The molecule has 0 aliphatic heterocycles. The highest BCUT2D eigenvalue weighted by atomic mass is 19.1. The molecule has 0 saturated carbocycles. The summed E-state index contributed by atoms with van der Waals surface area (Å²) in [6.45, 7) is 0.639. The number of hydrogen-bond donors (Lipinski definition) is 1. The molecule has 2 rings (SSSR count). The van der Waals surface area contributed by atoms with Gasteiger partial charge in [0.25, 0.3) is 0 Å². The monoisotopic (exact) mass is 217 g/mol. The average Bonchev–Trinajstić information content (AvgIpc) is 2.66. The van der Waals surface area contributed by atoms with E-state index < -0.39 is 0 Å². The molecule has 3 heteroatoms. The lowest BCUT2D eigenvalue weighted by atomic mass is 10.2. The van der Waals surface area contributed by atoms with Crippen molar-refractivity contribution < 1.29 is 8.81 Å². The van der Waals surface area contributed by atoms with Gasteiger partial charge in [-0.3, -0.25) is 0 Å². The summed E-state index contributed by atoms with van der Waals surface area (Å²) in [5, 5.41) is 0.739. The molecular weight excluding hydrogens is 205 g/mol. The Balaban J connectivity index is 2.21. The Hall–Kier alpha value is -1.79. The molecule has 0 spiro atoms. The molecule has 0 aliphatic rings. The summed E-state index contributed by atoms with van der Waals surface area (Å²) >= 11 is 0. The largest absolute Gasteiger partial charge is 0.448 e. The number of furan rings is 1. The van der Waals surface area contributed by atoms with Gasteiger partial charge >= 0.3 is 0 Å². The van der Waals surface area contributed by atoms with E-state index in [1.807, 2.05) is 0 Å². The first-order chi connectivity index (χ1) is 7.79. The minimum atomic E-state index is -0.268. The van der Waals surface area contributed by atoms with Gasteiger partial charge < -0.3 is 10.2 Å². The fourth-order valence-corrected chi connectivity index (χ4v) is 1.42. The molecule has 16 heavy (non-hydrogen) atoms. The minimum absolute atomic E-state index is 0.268. The molecule has 0 amide bonds. The van der Waals surface area contributed by atoms with Gasteiger partial charge in [-0.25, -0.2) is 4.39 Å². The number of hydrogen-bond acceptors (Lipinski definition) is 2. The molecular formula is C13H12FNO. The second kappa shape index (κ2) is 4.82. The zero-order valence-electron chi connectivity index (χ0n) is 8.79. The summed E-state index contributed by atoms with van der Waals surface area (Å²) in [5.41, 5.74) is 6.01. The van der Waals surface area contributed by atoms with Crippen LogP contribution in [0.1, 0.15) is 18.6 Å². The van der Waals surface area contributed by atoms with Gasteiger partial charge in [-0.15, -0.1) is 0 Å². The number of rotatable bonds is 2. The van der Waals surface area contributed by atoms with E-state index in [1.54, 1.807) is 12.1 Å². The molecule has 0 radical (unpaired) electrons. The van der Waals surface area contributed by atoms with Crippen molar-refractivity contribution in [1.82, 2.24) is 0 Å². The van der Waals surface area contributed by atoms with E-state index in [0.29, 0.717) is 17.9 Å². The SMILES string of the molecule is NCCCC#Cc1cc2cc(F)ccc2o1. The van der Waals surface area contributed by atoms with Gasteiger partial charge in [-0.05, 0) is 37.1 Å². The molecule has 0 bridgehead atoms. The van der Waals surface area contributed by atoms with Crippen molar-refractivity contribution in [2.75, 3.05) is 6.54 Å². The predicted molar refractivity (Wildman–Crippen MR) is 61.3 cm³/mol. The molecule has 2 nitrogen and oxygen atoms in total. The average molecular weight is 217 g/mol. The summed E-state index contributed by atoms with van der Waals surface area (Å²) in [5.74, 6) is 6.15. The molecule has 2 aromatic rings. The van der Waals surface area contributed by atoms with Crippen molar-refractivity contribution in [1.29, 1.82) is 0 Å². The second-order valence-corrected chi connectivity index (χ2v) is 3.49. The highest BCUT2D eigenvalue weighted by Crippen LogP contribution is 2.19. The lowest BCUT2D eigenvalue weighted by Gasteiger charge is -1.86. The van der Waals surface area contributed by atoms with Crippen molar-refractivity contribution in [3.05, 3.63) is 35.8 Å². The third-order valence-electron chi connectivity index (χ3n) is 2.20. The van der Waals surface area contributed by atoms with Gasteiger partial charge in [0.2, 0.25) is 0 Å². The summed E-state index contributed by atoms with van der Waals surface area (Å²) in [4.78, 5) is 0. The van der Waals surface area contributed by atoms with E-state index in [2.05, 4.69) is 11.8 Å². The first kappa shape index (κ1) is 10.7. The van der Waals surface area contributed by atoms with Crippen LogP contribution in [0.15, 0.2) is 28.7 Å². The minimum Gasteiger partial charge on any atom is -0.448 e. The van der Waals surface area contributed by atoms with Crippen LogP contribution in [-0.4, -0.2) is 6.54 Å². The third-order valence-corrected chi connectivity index (χ3v) is 2.20. The highest BCUT2D eigenvalue weighted by Gasteiger charge is 2.01. The van der Waals surface area contributed by atoms with Gasteiger partial charge in [0.05, 0.1) is 0 Å². The summed E-state index contributed by atoms with van der Waals surface area (Å²) in [6, 6.07) is 6.16. The van der Waals surface area contributed by atoms with Crippen LogP contribution >= 0.6 is 0 Å². The smallest absolute Gasteiger partial charge is 0.178 e. The van der Waals surface area contributed by atoms with Crippen LogP contribution < -0.4 is 5.73 Å². The Morgan fingerprint density at radius 1 is 1.31 bits per heavy atom. The van der Waals surface area contributed by atoms with E-state index in [-0.39, 0.29) is 5.82 Å². The van der Waals surface area contributed by atoms with Crippen molar-refractivity contribution >= 4 is 11.0 Å². The normalized spacial score (nSPS) is 10.1. The molecule has 0 fully saturated rings. The summed E-state index contributed by atoms with van der Waals surface area (Å²) < 4.78 is 18.3. The number of unbranched alkanes of at least 4 members (excludes halogenated alkanes) is 1. The highest BCUT2D eigenvalue weighted by molar-refractivity contribution is 5.78. The molecule has 2 N–H and O–H groups in total. The lowest BCUT2D eigenvalue weighted by molar-refractivity contribution is 0.597. The number of halogens is 1. The fraction of sp³-hybridized carbons (Fsp3) is 0.231. The number of benzene rings is 1. The van der Waals surface area contributed by atoms with Gasteiger partial charge in [0, 0.05) is 17.9 Å². The molecule has 1 aromatic heterocycles. The Kier molecular flexibility index (Phi) is 3.23. The summed E-state index contributed by atoms with van der Waals surface area (Å²) in [6.07, 6.45) is 1.63. The van der Waals surface area contributed by atoms with E-state index in [0.717, 1.165) is 18.2 Å². The topological polar surface area (TPSA) is 39.2 Å². The maximum atomic E-state index is 12.9. The molecule has 0 atom stereocenters. The zero-order chi connectivity index (χ0) is 11.4. The number of fused-ring (bicyclic) bond motifs is 1. The van der Waals surface area contributed by atoms with Crippen molar-refractivity contribution in [2.24, 2.45) is 5.73 Å². The maximum Gasteiger partial charge on any atom is 0.178 e. The summed E-state index contributed by atoms with van der Waals surface area (Å²) in [7, 11) is 0. The third kappa shape index (κ3) is 2.41. The molecule has 1 aromatic carbocycles. The van der Waals surface area contributed by atoms with Crippen LogP contribution in [-0.2, 0) is 0 Å². The van der Waals surface area contributed by atoms with Crippen LogP contribution in [0.2, 0.25) is 0 Å². The van der Waals surface area contributed by atoms with Crippen LogP contribution in [0.4, 0.5) is 4.39 Å². The van der Waals surface area contributed by atoms with Gasteiger partial charge in [-0.1, -0.05) is 5.92 Å². The van der Waals surface area contributed by atoms with E-state index in [9.17, 15) is 4.39 Å². The first-order valence-corrected chi connectivity index (χ1v) is 5.17. The quantitative estimate of drug-likeness (QED) is 0.620. The standard InChI is InChI=1S/C13H12FNO/c14-11-5-6-13-10(8-11)9-12(16-13)4-2-1-3-7-15/h5-6,8-9H,1,3,7,15H2. The predicted octanol–water partition coefficient (Wildman–Crippen LogP) is 2.66. The Labute approximate surface area is 93.2 Å². The van der Waals surface area contributed by atoms with E-state index in [4.69, 9.17) is 10.2 Å². The van der Waals surface area contributed by atoms with Gasteiger partial charge in [0.1, 0.15) is 11.4 Å². The van der Waals surface area contributed by atoms with E-state index in [1.165, 1.54) is 12.1 Å². The van der Waals surface area contributed by atoms with Crippen LogP contribution in [0.25, 0.3) is 11.0 Å². The number of nitrogens with two attached hydrogens (primary N) is 1. The van der Waals surface area contributed by atoms with Crippen LogP contribution in [0.5, 0.6) is 0 Å². The zero-order valence-corrected chi connectivity index (χ0v) is 8.79. The Morgan fingerprint density at radius 2 is 2.19 bits per heavy atom. The molecule has 82 valence electrons. The van der Waals surface area contributed by atoms with Crippen molar-refractivity contribution in [3.63, 3.8) is 0 Å². The van der Waals surface area contributed by atoms with Crippen LogP contribution in [0.3, 0.4) is 0 Å². The molecule has 1 heterocycles. The van der Waals surface area contributed by atoms with Crippen LogP contribution in [0, 0.1) is 17.7 Å². The van der Waals surface area contributed by atoms with Crippen molar-refractivity contribution in [2.45, 2.75) is 12.8 Å². The Morgan fingerprint density at radius 3 is 3.00 bits per heavy atom. The molecule has 0 aliphatic carbocycles. The second-order valence-electron chi connectivity index (χ2n) is 3.49. The maximum absolute atomic E-state index is 12.9. The molecule has 0 saturated heterocycles. The van der Waals surface area contributed by atoms with E-state index >= 15 is 0 Å². The van der Waals surface area contributed by atoms with Gasteiger partial charge in [-0.2, -0.15) is 0 Å².